The zero-order chi connectivity index (χ0) is 18.9. The largest absolute Gasteiger partial charge is 0.337 e. The minimum Gasteiger partial charge on any atom is -0.337 e. The van der Waals surface area contributed by atoms with Crippen LogP contribution in [0.1, 0.15) is 27.2 Å². The molecular formula is C17H22ClF2N3O2. The van der Waals surface area contributed by atoms with E-state index in [1.165, 1.54) is 4.90 Å². The predicted molar refractivity (Wildman–Crippen MR) is 92.6 cm³/mol. The Balaban J connectivity index is 1.99. The standard InChI is InChI=1S/C17H22ClF2N3O2/c1-17(2,3)23-9-10(5-14(23)24)8-22(4)16(25)21-13-7-11(19)6-12(20)15(13)18/h6-7,10H,5,8-9H2,1-4H3,(H,21,25). The monoisotopic (exact) mass is 373 g/mol. The van der Waals surface area contributed by atoms with E-state index in [1.807, 2.05) is 20.8 Å². The normalized spacial score (nSPS) is 17.8. The van der Waals surface area contributed by atoms with Crippen molar-refractivity contribution in [2.75, 3.05) is 25.5 Å². The van der Waals surface area contributed by atoms with E-state index in [0.717, 1.165) is 6.07 Å². The highest BCUT2D eigenvalue weighted by atomic mass is 35.5. The molecule has 0 radical (unpaired) electrons. The van der Waals surface area contributed by atoms with Crippen molar-refractivity contribution in [2.45, 2.75) is 32.7 Å². The first-order chi connectivity index (χ1) is 11.5. The minimum atomic E-state index is -0.943. The number of benzene rings is 1. The number of halogens is 3. The summed E-state index contributed by atoms with van der Waals surface area (Å²) in [5.74, 6) is -1.72. The molecule has 1 N–H and O–H groups in total. The summed E-state index contributed by atoms with van der Waals surface area (Å²) in [6.07, 6.45) is 0.365. The summed E-state index contributed by atoms with van der Waals surface area (Å²) in [7, 11) is 1.56. The van der Waals surface area contributed by atoms with Crippen LogP contribution < -0.4 is 5.32 Å². The Morgan fingerprint density at radius 3 is 2.60 bits per heavy atom. The van der Waals surface area contributed by atoms with Crippen LogP contribution in [-0.4, -0.2) is 47.4 Å². The van der Waals surface area contributed by atoms with Gasteiger partial charge in [-0.25, -0.2) is 13.6 Å². The number of hydrogen-bond donors (Lipinski definition) is 1. The smallest absolute Gasteiger partial charge is 0.321 e. The minimum absolute atomic E-state index is 0.00203. The van der Waals surface area contributed by atoms with Gasteiger partial charge >= 0.3 is 6.03 Å². The number of carbonyl (C=O) groups excluding carboxylic acids is 2. The molecule has 1 aromatic carbocycles. The zero-order valence-corrected chi connectivity index (χ0v) is 15.5. The predicted octanol–water partition coefficient (Wildman–Crippen LogP) is 3.73. The molecule has 0 aliphatic carbocycles. The van der Waals surface area contributed by atoms with Gasteiger partial charge in [-0.15, -0.1) is 0 Å². The van der Waals surface area contributed by atoms with Gasteiger partial charge in [-0.1, -0.05) is 11.6 Å². The van der Waals surface area contributed by atoms with Crippen LogP contribution in [0.2, 0.25) is 5.02 Å². The van der Waals surface area contributed by atoms with Gasteiger partial charge in [0.15, 0.2) is 0 Å². The van der Waals surface area contributed by atoms with Crippen LogP contribution >= 0.6 is 11.6 Å². The number of rotatable bonds is 3. The van der Waals surface area contributed by atoms with E-state index in [1.54, 1.807) is 11.9 Å². The number of nitrogens with zero attached hydrogens (tertiary/aromatic N) is 2. The first-order valence-corrected chi connectivity index (χ1v) is 8.34. The van der Waals surface area contributed by atoms with E-state index in [-0.39, 0.29) is 28.1 Å². The molecule has 25 heavy (non-hydrogen) atoms. The van der Waals surface area contributed by atoms with E-state index < -0.39 is 17.7 Å². The molecule has 5 nitrogen and oxygen atoms in total. The van der Waals surface area contributed by atoms with E-state index >= 15 is 0 Å². The highest BCUT2D eigenvalue weighted by molar-refractivity contribution is 6.33. The lowest BCUT2D eigenvalue weighted by Gasteiger charge is -2.32. The van der Waals surface area contributed by atoms with E-state index in [0.29, 0.717) is 25.6 Å². The molecule has 0 saturated carbocycles. The van der Waals surface area contributed by atoms with Crippen molar-refractivity contribution in [3.8, 4) is 0 Å². The zero-order valence-electron chi connectivity index (χ0n) is 14.7. The number of amides is 3. The quantitative estimate of drug-likeness (QED) is 0.821. The van der Waals surface area contributed by atoms with Crippen LogP contribution in [0.5, 0.6) is 0 Å². The maximum Gasteiger partial charge on any atom is 0.321 e. The second kappa shape index (κ2) is 7.15. The Morgan fingerprint density at radius 1 is 1.40 bits per heavy atom. The van der Waals surface area contributed by atoms with Crippen molar-refractivity contribution in [2.24, 2.45) is 5.92 Å². The van der Waals surface area contributed by atoms with Crippen LogP contribution in [0.4, 0.5) is 19.3 Å². The molecule has 1 aromatic rings. The lowest BCUT2D eigenvalue weighted by Crippen LogP contribution is -2.43. The summed E-state index contributed by atoms with van der Waals surface area (Å²) in [6, 6.07) is 1.05. The molecular weight excluding hydrogens is 352 g/mol. The summed E-state index contributed by atoms with van der Waals surface area (Å²) in [4.78, 5) is 27.5. The molecule has 8 heteroatoms. The number of carbonyl (C=O) groups is 2. The van der Waals surface area contributed by atoms with Crippen molar-refractivity contribution in [3.05, 3.63) is 28.8 Å². The van der Waals surface area contributed by atoms with Gasteiger partial charge < -0.3 is 15.1 Å². The summed E-state index contributed by atoms with van der Waals surface area (Å²) in [5.41, 5.74) is -0.394. The van der Waals surface area contributed by atoms with Crippen molar-refractivity contribution in [1.82, 2.24) is 9.80 Å². The summed E-state index contributed by atoms with van der Waals surface area (Å²) < 4.78 is 26.7. The highest BCUT2D eigenvalue weighted by Gasteiger charge is 2.36. The maximum atomic E-state index is 13.4. The molecule has 1 atom stereocenters. The van der Waals surface area contributed by atoms with Gasteiger partial charge in [0.25, 0.3) is 0 Å². The maximum absolute atomic E-state index is 13.4. The summed E-state index contributed by atoms with van der Waals surface area (Å²) in [6.45, 7) is 6.80. The number of likely N-dealkylation sites (tertiary alicyclic amines) is 1. The summed E-state index contributed by atoms with van der Waals surface area (Å²) in [5, 5.41) is 2.05. The van der Waals surface area contributed by atoms with Crippen molar-refractivity contribution in [3.63, 3.8) is 0 Å². The van der Waals surface area contributed by atoms with E-state index in [4.69, 9.17) is 11.6 Å². The Morgan fingerprint density at radius 2 is 2.04 bits per heavy atom. The molecule has 0 aromatic heterocycles. The van der Waals surface area contributed by atoms with E-state index in [2.05, 4.69) is 5.32 Å². The second-order valence-corrected chi connectivity index (χ2v) is 7.68. The van der Waals surface area contributed by atoms with Crippen LogP contribution in [0.25, 0.3) is 0 Å². The Labute approximate surface area is 150 Å². The van der Waals surface area contributed by atoms with Crippen molar-refractivity contribution in [1.29, 1.82) is 0 Å². The van der Waals surface area contributed by atoms with Gasteiger partial charge in [-0.05, 0) is 26.8 Å². The fourth-order valence-electron chi connectivity index (χ4n) is 2.88. The molecule has 1 fully saturated rings. The third-order valence-electron chi connectivity index (χ3n) is 4.13. The van der Waals surface area contributed by atoms with Gasteiger partial charge in [-0.3, -0.25) is 4.79 Å². The van der Waals surface area contributed by atoms with Crippen LogP contribution in [0.3, 0.4) is 0 Å². The van der Waals surface area contributed by atoms with Crippen LogP contribution in [0, 0.1) is 17.6 Å². The molecule has 1 heterocycles. The number of hydrogen-bond acceptors (Lipinski definition) is 2. The fourth-order valence-corrected chi connectivity index (χ4v) is 3.04. The van der Waals surface area contributed by atoms with Crippen molar-refractivity contribution >= 4 is 29.2 Å². The lowest BCUT2D eigenvalue weighted by atomic mass is 10.1. The van der Waals surface area contributed by atoms with Gasteiger partial charge in [0.1, 0.15) is 16.7 Å². The third-order valence-corrected chi connectivity index (χ3v) is 4.51. The third kappa shape index (κ3) is 4.60. The van der Waals surface area contributed by atoms with Crippen molar-refractivity contribution < 1.29 is 18.4 Å². The van der Waals surface area contributed by atoms with Gasteiger partial charge in [0, 0.05) is 44.1 Å². The first kappa shape index (κ1) is 19.4. The molecule has 1 aliphatic rings. The second-order valence-electron chi connectivity index (χ2n) is 7.31. The Bertz CT molecular complexity index is 691. The molecule has 1 aliphatic heterocycles. The lowest BCUT2D eigenvalue weighted by molar-refractivity contribution is -0.131. The highest BCUT2D eigenvalue weighted by Crippen LogP contribution is 2.28. The Hall–Kier alpha value is -1.89. The van der Waals surface area contributed by atoms with Gasteiger partial charge in [0.05, 0.1) is 5.69 Å². The van der Waals surface area contributed by atoms with Gasteiger partial charge in [-0.2, -0.15) is 0 Å². The average Bonchev–Trinajstić information content (AvgIpc) is 2.84. The molecule has 3 amide bonds. The SMILES string of the molecule is CN(CC1CC(=O)N(C(C)(C)C)C1)C(=O)Nc1cc(F)cc(F)c1Cl. The molecule has 0 spiro atoms. The molecule has 1 unspecified atom stereocenters. The van der Waals surface area contributed by atoms with Crippen LogP contribution in [-0.2, 0) is 4.79 Å². The topological polar surface area (TPSA) is 52.7 Å². The summed E-state index contributed by atoms with van der Waals surface area (Å²) >= 11 is 5.75. The average molecular weight is 374 g/mol. The molecule has 2 rings (SSSR count). The van der Waals surface area contributed by atoms with E-state index in [9.17, 15) is 18.4 Å². The number of nitrogens with one attached hydrogen (secondary N) is 1. The molecule has 0 bridgehead atoms. The molecule has 138 valence electrons. The molecule has 1 saturated heterocycles. The number of anilines is 1. The Kier molecular flexibility index (Phi) is 5.56. The number of urea groups is 1. The van der Waals surface area contributed by atoms with Crippen LogP contribution in [0.15, 0.2) is 12.1 Å². The fraction of sp³-hybridized carbons (Fsp3) is 0.529. The first-order valence-electron chi connectivity index (χ1n) is 7.96. The van der Waals surface area contributed by atoms with Gasteiger partial charge in [0.2, 0.25) is 5.91 Å².